The maximum atomic E-state index is 8.98. The molecule has 1 aromatic carbocycles. The topological polar surface area (TPSA) is 44.9 Å². The van der Waals surface area contributed by atoms with Crippen LogP contribution in [0.3, 0.4) is 0 Å². The fourth-order valence-corrected chi connectivity index (χ4v) is 5.09. The van der Waals surface area contributed by atoms with Crippen molar-refractivity contribution in [2.24, 2.45) is 5.92 Å². The van der Waals surface area contributed by atoms with Gasteiger partial charge >= 0.3 is 0 Å². The lowest BCUT2D eigenvalue weighted by atomic mass is 9.93. The molecule has 1 aliphatic heterocycles. The molecule has 0 unspecified atom stereocenters. The second-order valence-electron chi connectivity index (χ2n) is 7.59. The van der Waals surface area contributed by atoms with E-state index in [0.29, 0.717) is 12.3 Å². The van der Waals surface area contributed by atoms with Crippen LogP contribution in [0.1, 0.15) is 30.5 Å². The zero-order valence-corrected chi connectivity index (χ0v) is 18.6. The van der Waals surface area contributed by atoms with Gasteiger partial charge in [0.25, 0.3) is 0 Å². The first-order valence-electron chi connectivity index (χ1n) is 9.58. The number of nitriles is 1. The number of fused-ring (bicyclic) bond motifs is 1. The van der Waals surface area contributed by atoms with Gasteiger partial charge in [0.15, 0.2) is 0 Å². The SMILES string of the molecule is Cc1cc(N2CCC(CC#N)CC2)c2c(C)cn(-c3ccc(S)cc3Br)c2n1. The van der Waals surface area contributed by atoms with Crippen LogP contribution in [0.15, 0.2) is 39.8 Å². The molecule has 6 heteroatoms. The Morgan fingerprint density at radius 3 is 2.64 bits per heavy atom. The van der Waals surface area contributed by atoms with Crippen LogP contribution in [0.5, 0.6) is 0 Å². The minimum Gasteiger partial charge on any atom is -0.371 e. The number of thiol groups is 1. The zero-order chi connectivity index (χ0) is 19.8. The maximum absolute atomic E-state index is 8.98. The Labute approximate surface area is 179 Å². The number of aromatic nitrogens is 2. The zero-order valence-electron chi connectivity index (χ0n) is 16.1. The molecule has 144 valence electrons. The normalized spacial score (nSPS) is 15.2. The number of rotatable bonds is 3. The highest BCUT2D eigenvalue weighted by Gasteiger charge is 2.23. The molecule has 1 aliphatic rings. The van der Waals surface area contributed by atoms with Gasteiger partial charge in [0.05, 0.1) is 11.8 Å². The van der Waals surface area contributed by atoms with Crippen molar-refractivity contribution in [3.63, 3.8) is 0 Å². The minimum atomic E-state index is 0.529. The van der Waals surface area contributed by atoms with Crippen molar-refractivity contribution in [2.45, 2.75) is 38.0 Å². The van der Waals surface area contributed by atoms with Crippen molar-refractivity contribution in [2.75, 3.05) is 18.0 Å². The summed E-state index contributed by atoms with van der Waals surface area (Å²) in [6.07, 6.45) is 4.99. The Kier molecular flexibility index (Phi) is 5.39. The highest BCUT2D eigenvalue weighted by molar-refractivity contribution is 9.10. The van der Waals surface area contributed by atoms with E-state index in [2.05, 4.69) is 76.3 Å². The monoisotopic (exact) mass is 454 g/mol. The van der Waals surface area contributed by atoms with Crippen LogP contribution in [0.25, 0.3) is 16.7 Å². The molecule has 3 aromatic rings. The minimum absolute atomic E-state index is 0.529. The van der Waals surface area contributed by atoms with E-state index in [1.165, 1.54) is 16.6 Å². The standard InChI is InChI=1S/C22H23BrN4S/c1-14-13-27(19-4-3-17(28)12-18(19)23)22-21(14)20(11-15(2)25-22)26-9-6-16(5-8-24)7-10-26/h3-4,11-13,16,28H,5-7,9-10H2,1-2H3. The van der Waals surface area contributed by atoms with Crippen LogP contribution >= 0.6 is 28.6 Å². The van der Waals surface area contributed by atoms with Gasteiger partial charge in [0, 0.05) is 51.8 Å². The molecule has 1 fully saturated rings. The summed E-state index contributed by atoms with van der Waals surface area (Å²) in [5, 5.41) is 10.2. The van der Waals surface area contributed by atoms with E-state index in [-0.39, 0.29) is 0 Å². The molecule has 0 radical (unpaired) electrons. The lowest BCUT2D eigenvalue weighted by Crippen LogP contribution is -2.33. The van der Waals surface area contributed by atoms with Crippen molar-refractivity contribution in [1.82, 2.24) is 9.55 Å². The molecule has 3 heterocycles. The molecule has 28 heavy (non-hydrogen) atoms. The molecule has 0 saturated carbocycles. The van der Waals surface area contributed by atoms with Gasteiger partial charge in [-0.05, 0) is 78.4 Å². The van der Waals surface area contributed by atoms with Gasteiger partial charge in [0.2, 0.25) is 0 Å². The predicted octanol–water partition coefficient (Wildman–Crippen LogP) is 5.82. The Balaban J connectivity index is 1.80. The number of halogens is 1. The predicted molar refractivity (Wildman–Crippen MR) is 121 cm³/mol. The maximum Gasteiger partial charge on any atom is 0.147 e. The molecular weight excluding hydrogens is 432 g/mol. The Bertz CT molecular complexity index is 1070. The summed E-state index contributed by atoms with van der Waals surface area (Å²) < 4.78 is 3.17. The summed E-state index contributed by atoms with van der Waals surface area (Å²) in [7, 11) is 0. The number of hydrogen-bond acceptors (Lipinski definition) is 4. The van der Waals surface area contributed by atoms with Gasteiger partial charge in [-0.15, -0.1) is 12.6 Å². The number of piperidine rings is 1. The van der Waals surface area contributed by atoms with Gasteiger partial charge in [-0.1, -0.05) is 0 Å². The molecule has 2 aromatic heterocycles. The Morgan fingerprint density at radius 2 is 1.96 bits per heavy atom. The van der Waals surface area contributed by atoms with Crippen molar-refractivity contribution in [1.29, 1.82) is 5.26 Å². The van der Waals surface area contributed by atoms with Crippen molar-refractivity contribution in [3.05, 3.63) is 46.2 Å². The van der Waals surface area contributed by atoms with E-state index in [9.17, 15) is 0 Å². The number of hydrogen-bond donors (Lipinski definition) is 1. The van der Waals surface area contributed by atoms with E-state index >= 15 is 0 Å². The first-order chi connectivity index (χ1) is 13.5. The molecule has 0 N–H and O–H groups in total. The van der Waals surface area contributed by atoms with E-state index in [0.717, 1.165) is 52.3 Å². The first kappa shape index (κ1) is 19.4. The summed E-state index contributed by atoms with van der Waals surface area (Å²) in [4.78, 5) is 8.28. The summed E-state index contributed by atoms with van der Waals surface area (Å²) in [6.45, 7) is 6.20. The van der Waals surface area contributed by atoms with Gasteiger partial charge in [-0.3, -0.25) is 4.57 Å². The lowest BCUT2D eigenvalue weighted by molar-refractivity contribution is 0.413. The number of pyridine rings is 1. The molecular formula is C22H23BrN4S. The summed E-state index contributed by atoms with van der Waals surface area (Å²) in [5.74, 6) is 0.529. The third-order valence-corrected chi connectivity index (χ3v) is 6.49. The third-order valence-electron chi connectivity index (χ3n) is 5.58. The van der Waals surface area contributed by atoms with Gasteiger partial charge in [-0.25, -0.2) is 4.98 Å². The highest BCUT2D eigenvalue weighted by Crippen LogP contribution is 2.36. The molecule has 4 rings (SSSR count). The molecule has 0 aliphatic carbocycles. The van der Waals surface area contributed by atoms with E-state index < -0.39 is 0 Å². The van der Waals surface area contributed by atoms with E-state index in [1.54, 1.807) is 0 Å². The summed E-state index contributed by atoms with van der Waals surface area (Å²) >= 11 is 8.11. The molecule has 0 spiro atoms. The van der Waals surface area contributed by atoms with Crippen molar-refractivity contribution >= 4 is 45.3 Å². The van der Waals surface area contributed by atoms with Crippen LogP contribution in [0.2, 0.25) is 0 Å². The van der Waals surface area contributed by atoms with Gasteiger partial charge in [0.1, 0.15) is 5.65 Å². The van der Waals surface area contributed by atoms with Crippen LogP contribution in [0.4, 0.5) is 5.69 Å². The van der Waals surface area contributed by atoms with Crippen LogP contribution < -0.4 is 4.90 Å². The van der Waals surface area contributed by atoms with Crippen molar-refractivity contribution < 1.29 is 0 Å². The quantitative estimate of drug-likeness (QED) is 0.506. The van der Waals surface area contributed by atoms with Gasteiger partial charge in [-0.2, -0.15) is 5.26 Å². The molecule has 0 atom stereocenters. The summed E-state index contributed by atoms with van der Waals surface area (Å²) in [5.41, 5.74) is 5.55. The van der Waals surface area contributed by atoms with E-state index in [4.69, 9.17) is 10.2 Å². The molecule has 0 amide bonds. The number of aryl methyl sites for hydroxylation is 2. The number of anilines is 1. The smallest absolute Gasteiger partial charge is 0.147 e. The second-order valence-corrected chi connectivity index (χ2v) is 8.96. The molecule has 0 bridgehead atoms. The van der Waals surface area contributed by atoms with Crippen LogP contribution in [-0.4, -0.2) is 22.6 Å². The molecule has 1 saturated heterocycles. The lowest BCUT2D eigenvalue weighted by Gasteiger charge is -2.33. The molecule has 4 nitrogen and oxygen atoms in total. The second kappa shape index (κ2) is 7.81. The summed E-state index contributed by atoms with van der Waals surface area (Å²) in [6, 6.07) is 10.6. The first-order valence-corrected chi connectivity index (χ1v) is 10.8. The fourth-order valence-electron chi connectivity index (χ4n) is 4.14. The third kappa shape index (κ3) is 3.54. The Hall–Kier alpha value is -1.97. The van der Waals surface area contributed by atoms with Gasteiger partial charge < -0.3 is 4.90 Å². The van der Waals surface area contributed by atoms with E-state index in [1.807, 2.05) is 12.1 Å². The van der Waals surface area contributed by atoms with Crippen LogP contribution in [-0.2, 0) is 0 Å². The Morgan fingerprint density at radius 1 is 1.21 bits per heavy atom. The average Bonchev–Trinajstić information content (AvgIpc) is 2.98. The van der Waals surface area contributed by atoms with Crippen LogP contribution in [0, 0.1) is 31.1 Å². The number of benzene rings is 1. The number of nitrogens with zero attached hydrogens (tertiary/aromatic N) is 4. The largest absolute Gasteiger partial charge is 0.371 e. The highest BCUT2D eigenvalue weighted by atomic mass is 79.9. The average molecular weight is 455 g/mol. The van der Waals surface area contributed by atoms with Crippen molar-refractivity contribution in [3.8, 4) is 11.8 Å². The fraction of sp³-hybridized carbons (Fsp3) is 0.364.